The van der Waals surface area contributed by atoms with E-state index in [1.165, 1.54) is 16.5 Å². The molecule has 0 amide bonds. The van der Waals surface area contributed by atoms with E-state index >= 15 is 0 Å². The van der Waals surface area contributed by atoms with Gasteiger partial charge in [-0.15, -0.1) is 0 Å². The lowest BCUT2D eigenvalue weighted by Gasteiger charge is -2.29. The molecule has 0 radical (unpaired) electrons. The van der Waals surface area contributed by atoms with Crippen molar-refractivity contribution in [1.29, 1.82) is 0 Å². The summed E-state index contributed by atoms with van der Waals surface area (Å²) in [4.78, 5) is 14.8. The van der Waals surface area contributed by atoms with Crippen molar-refractivity contribution in [2.45, 2.75) is 25.7 Å². The fraction of sp³-hybridized carbons (Fsp3) is 0.156. The van der Waals surface area contributed by atoms with E-state index in [4.69, 9.17) is 19.4 Å². The van der Waals surface area contributed by atoms with Crippen LogP contribution in [0.3, 0.4) is 0 Å². The predicted molar refractivity (Wildman–Crippen MR) is 144 cm³/mol. The highest BCUT2D eigenvalue weighted by molar-refractivity contribution is 5.90. The summed E-state index contributed by atoms with van der Waals surface area (Å²) < 4.78 is 6.47. The number of rotatable bonds is 4. The van der Waals surface area contributed by atoms with Gasteiger partial charge in [-0.1, -0.05) is 97.4 Å². The van der Waals surface area contributed by atoms with Gasteiger partial charge in [-0.2, -0.15) is 0 Å². The molecule has 3 atom stereocenters. The number of furan rings is 1. The van der Waals surface area contributed by atoms with Crippen LogP contribution in [0.15, 0.2) is 95.4 Å². The molecule has 2 aromatic heterocycles. The molecule has 1 unspecified atom stereocenters. The van der Waals surface area contributed by atoms with Crippen LogP contribution in [0, 0.1) is 12.8 Å². The summed E-state index contributed by atoms with van der Waals surface area (Å²) >= 11 is 0. The molecule has 0 saturated heterocycles. The number of fused-ring (bicyclic) bond motifs is 5. The third-order valence-corrected chi connectivity index (χ3v) is 7.39. The van der Waals surface area contributed by atoms with E-state index in [1.54, 1.807) is 0 Å². The van der Waals surface area contributed by atoms with Gasteiger partial charge in [0, 0.05) is 45.4 Å². The summed E-state index contributed by atoms with van der Waals surface area (Å²) in [5.74, 6) is 3.88. The van der Waals surface area contributed by atoms with Crippen LogP contribution in [0.4, 0.5) is 0 Å². The number of hydrogen-bond donors (Lipinski definition) is 0. The lowest BCUT2D eigenvalue weighted by Crippen LogP contribution is -2.17. The molecule has 4 nitrogen and oxygen atoms in total. The molecule has 0 N–H and O–H groups in total. The molecule has 36 heavy (non-hydrogen) atoms. The molecule has 3 aromatic carbocycles. The maximum atomic E-state index is 6.47. The minimum atomic E-state index is -0.0768. The van der Waals surface area contributed by atoms with E-state index in [0.29, 0.717) is 23.5 Å². The number of aromatic nitrogens is 3. The Bertz CT molecular complexity index is 1680. The van der Waals surface area contributed by atoms with E-state index in [9.17, 15) is 0 Å². The highest BCUT2D eigenvalue weighted by Crippen LogP contribution is 2.47. The van der Waals surface area contributed by atoms with Gasteiger partial charge in [-0.05, 0) is 19.1 Å². The first kappa shape index (κ1) is 21.0. The summed E-state index contributed by atoms with van der Waals surface area (Å²) in [6.45, 7) is 4.24. The van der Waals surface area contributed by atoms with Crippen molar-refractivity contribution in [3.05, 3.63) is 119 Å². The number of benzene rings is 3. The SMILES string of the molecule is Cc1cccc(-c2nc(-c3ccccc3)nc([C@@H](C)c3cccc4c5c(oc34)C=C[C@H]3C=CC53)n2)c1. The zero-order valence-electron chi connectivity index (χ0n) is 20.2. The number of aryl methyl sites for hydroxylation is 1. The predicted octanol–water partition coefficient (Wildman–Crippen LogP) is 7.71. The van der Waals surface area contributed by atoms with Crippen LogP contribution in [0.5, 0.6) is 0 Å². The average Bonchev–Trinajstić information content (AvgIpc) is 3.26. The van der Waals surface area contributed by atoms with Crippen LogP contribution in [0.2, 0.25) is 0 Å². The number of nitrogens with zero attached hydrogens (tertiary/aromatic N) is 3. The summed E-state index contributed by atoms with van der Waals surface area (Å²) in [6.07, 6.45) is 8.91. The molecule has 0 saturated carbocycles. The molecule has 7 rings (SSSR count). The minimum Gasteiger partial charge on any atom is -0.456 e. The second-order valence-corrected chi connectivity index (χ2v) is 9.75. The molecule has 5 aromatic rings. The van der Waals surface area contributed by atoms with Crippen LogP contribution in [-0.2, 0) is 0 Å². The van der Waals surface area contributed by atoms with Crippen molar-refractivity contribution in [3.8, 4) is 22.8 Å². The molecule has 0 bridgehead atoms. The molecule has 174 valence electrons. The number of para-hydroxylation sites is 1. The Morgan fingerprint density at radius 1 is 0.778 bits per heavy atom. The standard InChI is InChI=1S/C32H25N3O/c1-19-8-6-11-23(18-19)32-34-30(33-31(35-32)22-9-4-3-5-10-22)20(2)24-12-7-13-26-28-25-16-14-21(25)15-17-27(28)36-29(24)26/h3-18,20-21,25H,1-2H3/t20-,21+,25?/m0/s1. The lowest BCUT2D eigenvalue weighted by molar-refractivity contribution is 0.561. The smallest absolute Gasteiger partial charge is 0.163 e. The van der Waals surface area contributed by atoms with E-state index < -0.39 is 0 Å². The molecule has 0 spiro atoms. The third kappa shape index (κ3) is 3.33. The van der Waals surface area contributed by atoms with E-state index in [1.807, 2.05) is 36.4 Å². The molecule has 2 heterocycles. The monoisotopic (exact) mass is 467 g/mol. The minimum absolute atomic E-state index is 0.0768. The van der Waals surface area contributed by atoms with Crippen molar-refractivity contribution in [1.82, 2.24) is 15.0 Å². The summed E-state index contributed by atoms with van der Waals surface area (Å²) in [7, 11) is 0. The Kier molecular flexibility index (Phi) is 4.74. The van der Waals surface area contributed by atoms with Crippen LogP contribution in [-0.4, -0.2) is 15.0 Å². The molecule has 2 aliphatic carbocycles. The Labute approximate surface area is 210 Å². The Balaban J connectivity index is 1.39. The van der Waals surface area contributed by atoms with E-state index in [2.05, 4.69) is 74.5 Å². The molecule has 0 aliphatic heterocycles. The van der Waals surface area contributed by atoms with Crippen LogP contribution >= 0.6 is 0 Å². The zero-order chi connectivity index (χ0) is 24.2. The second-order valence-electron chi connectivity index (χ2n) is 9.75. The van der Waals surface area contributed by atoms with Crippen molar-refractivity contribution < 1.29 is 4.42 Å². The summed E-state index contributed by atoms with van der Waals surface area (Å²) in [5, 5.41) is 1.19. The van der Waals surface area contributed by atoms with Gasteiger partial charge < -0.3 is 4.42 Å². The van der Waals surface area contributed by atoms with Crippen molar-refractivity contribution in [2.75, 3.05) is 0 Å². The van der Waals surface area contributed by atoms with Gasteiger partial charge in [-0.25, -0.2) is 15.0 Å². The summed E-state index contributed by atoms with van der Waals surface area (Å²) in [5.41, 5.74) is 6.46. The topological polar surface area (TPSA) is 51.8 Å². The van der Waals surface area contributed by atoms with Gasteiger partial charge in [0.05, 0.1) is 0 Å². The van der Waals surface area contributed by atoms with Crippen molar-refractivity contribution in [2.24, 2.45) is 5.92 Å². The average molecular weight is 468 g/mol. The first-order chi connectivity index (χ1) is 17.7. The fourth-order valence-corrected chi connectivity index (χ4v) is 5.36. The fourth-order valence-electron chi connectivity index (χ4n) is 5.36. The van der Waals surface area contributed by atoms with Crippen molar-refractivity contribution in [3.63, 3.8) is 0 Å². The Hall–Kier alpha value is -4.31. The van der Waals surface area contributed by atoms with Crippen LogP contribution in [0.25, 0.3) is 39.8 Å². The number of hydrogen-bond acceptors (Lipinski definition) is 4. The van der Waals surface area contributed by atoms with Crippen LogP contribution in [0.1, 0.15) is 47.0 Å². The van der Waals surface area contributed by atoms with Crippen molar-refractivity contribution >= 4 is 17.0 Å². The first-order valence-corrected chi connectivity index (χ1v) is 12.5. The van der Waals surface area contributed by atoms with Gasteiger partial charge in [0.15, 0.2) is 11.6 Å². The maximum absolute atomic E-state index is 6.47. The molecule has 4 heteroatoms. The van der Waals surface area contributed by atoms with E-state index in [0.717, 1.165) is 33.9 Å². The van der Waals surface area contributed by atoms with Gasteiger partial charge in [0.25, 0.3) is 0 Å². The van der Waals surface area contributed by atoms with Gasteiger partial charge in [-0.3, -0.25) is 0 Å². The van der Waals surface area contributed by atoms with Gasteiger partial charge in [0.2, 0.25) is 0 Å². The largest absolute Gasteiger partial charge is 0.456 e. The lowest BCUT2D eigenvalue weighted by atomic mass is 9.73. The highest BCUT2D eigenvalue weighted by atomic mass is 16.3. The first-order valence-electron chi connectivity index (χ1n) is 12.5. The third-order valence-electron chi connectivity index (χ3n) is 7.39. The zero-order valence-corrected chi connectivity index (χ0v) is 20.2. The number of allylic oxidation sites excluding steroid dienone is 3. The van der Waals surface area contributed by atoms with Gasteiger partial charge >= 0.3 is 0 Å². The summed E-state index contributed by atoms with van der Waals surface area (Å²) in [6, 6.07) is 24.9. The highest BCUT2D eigenvalue weighted by Gasteiger charge is 2.33. The molecule has 2 aliphatic rings. The van der Waals surface area contributed by atoms with E-state index in [-0.39, 0.29) is 5.92 Å². The second kappa shape index (κ2) is 8.13. The van der Waals surface area contributed by atoms with Crippen LogP contribution < -0.4 is 0 Å². The quantitative estimate of drug-likeness (QED) is 0.254. The molecule has 0 fully saturated rings. The Morgan fingerprint density at radius 2 is 1.56 bits per heavy atom. The molecular weight excluding hydrogens is 442 g/mol. The maximum Gasteiger partial charge on any atom is 0.163 e. The van der Waals surface area contributed by atoms with Gasteiger partial charge in [0.1, 0.15) is 17.2 Å². The normalized spacial score (nSPS) is 18.5. The molecular formula is C32H25N3O. The Morgan fingerprint density at radius 3 is 2.33 bits per heavy atom.